The predicted molar refractivity (Wildman–Crippen MR) is 100 cm³/mol. The molecule has 0 aliphatic carbocycles. The minimum Gasteiger partial charge on any atom is -0.481 e. The van der Waals surface area contributed by atoms with Gasteiger partial charge in [-0.1, -0.05) is 27.7 Å². The van der Waals surface area contributed by atoms with Gasteiger partial charge in [-0.2, -0.15) is 0 Å². The van der Waals surface area contributed by atoms with Crippen LogP contribution in [-0.2, 0) is 19.2 Å². The molecule has 0 saturated heterocycles. The first-order chi connectivity index (χ1) is 12.3. The van der Waals surface area contributed by atoms with E-state index in [0.29, 0.717) is 25.7 Å². The average molecular weight is 397 g/mol. The highest BCUT2D eigenvalue weighted by molar-refractivity contribution is 5.73. The van der Waals surface area contributed by atoms with Crippen LogP contribution in [0.25, 0.3) is 0 Å². The summed E-state index contributed by atoms with van der Waals surface area (Å²) in [6.45, 7) is 7.05. The summed E-state index contributed by atoms with van der Waals surface area (Å²) in [5.74, 6) is -3.50. The first kappa shape index (κ1) is 32.4. The second-order valence-electron chi connectivity index (χ2n) is 5.20. The van der Waals surface area contributed by atoms with Gasteiger partial charge < -0.3 is 37.6 Å². The van der Waals surface area contributed by atoms with Crippen molar-refractivity contribution < 1.29 is 39.6 Å². The van der Waals surface area contributed by atoms with E-state index in [9.17, 15) is 19.2 Å². The molecule has 0 bridgehead atoms. The van der Waals surface area contributed by atoms with Crippen LogP contribution in [-0.4, -0.2) is 62.4 Å². The Balaban J connectivity index is -0.000000131. The van der Waals surface area contributed by atoms with Crippen molar-refractivity contribution in [3.05, 3.63) is 0 Å². The van der Waals surface area contributed by atoms with Crippen molar-refractivity contribution in [1.82, 2.24) is 0 Å². The SMILES string of the molecule is CCC(N)C(=O)O.CCC(N)C(=O)O.CCC(N)C(=O)O.CCCC(=O)O. The fraction of sp³-hybridized carbons (Fsp3) is 0.750. The molecule has 0 rings (SSSR count). The standard InChI is InChI=1S/3C4H9NO2.C4H8O2/c3*1-2-3(5)4(6)7;1-2-3-4(5)6/h3*3H,2,5H2,1H3,(H,6,7);2-3H2,1H3,(H,5,6). The summed E-state index contributed by atoms with van der Waals surface area (Å²) in [6, 6.07) is -2.04. The molecule has 27 heavy (non-hydrogen) atoms. The number of carbonyl (C=O) groups is 4. The highest BCUT2D eigenvalue weighted by atomic mass is 16.4. The zero-order chi connectivity index (χ0) is 22.6. The number of rotatable bonds is 8. The number of carboxylic acids is 4. The fourth-order valence-electron chi connectivity index (χ4n) is 0.738. The van der Waals surface area contributed by atoms with Gasteiger partial charge in [0.15, 0.2) is 0 Å². The second-order valence-corrected chi connectivity index (χ2v) is 5.20. The average Bonchev–Trinajstić information content (AvgIpc) is 2.60. The van der Waals surface area contributed by atoms with Gasteiger partial charge in [-0.3, -0.25) is 19.2 Å². The van der Waals surface area contributed by atoms with E-state index in [4.69, 9.17) is 37.6 Å². The van der Waals surface area contributed by atoms with Crippen LogP contribution >= 0.6 is 0 Å². The molecule has 0 aromatic carbocycles. The van der Waals surface area contributed by atoms with E-state index in [1.165, 1.54) is 0 Å². The van der Waals surface area contributed by atoms with Gasteiger partial charge in [0.1, 0.15) is 18.1 Å². The summed E-state index contributed by atoms with van der Waals surface area (Å²) in [5.41, 5.74) is 15.0. The lowest BCUT2D eigenvalue weighted by molar-refractivity contribution is -0.139. The normalized spacial score (nSPS) is 12.3. The molecule has 0 aromatic rings. The van der Waals surface area contributed by atoms with Crippen LogP contribution in [0.1, 0.15) is 59.8 Å². The van der Waals surface area contributed by atoms with Gasteiger partial charge in [-0.25, -0.2) is 0 Å². The van der Waals surface area contributed by atoms with E-state index >= 15 is 0 Å². The number of hydrogen-bond acceptors (Lipinski definition) is 7. The van der Waals surface area contributed by atoms with Gasteiger partial charge in [-0.15, -0.1) is 0 Å². The van der Waals surface area contributed by atoms with Crippen LogP contribution in [0.4, 0.5) is 0 Å². The highest BCUT2D eigenvalue weighted by Crippen LogP contribution is 1.83. The van der Waals surface area contributed by atoms with Crippen LogP contribution < -0.4 is 17.2 Å². The minimum absolute atomic E-state index is 0.292. The third kappa shape index (κ3) is 32.0. The molecular formula is C16H35N3O8. The van der Waals surface area contributed by atoms with Crippen LogP contribution in [0.15, 0.2) is 0 Å². The van der Waals surface area contributed by atoms with Crippen molar-refractivity contribution in [3.8, 4) is 0 Å². The number of hydrogen-bond donors (Lipinski definition) is 7. The van der Waals surface area contributed by atoms with Gasteiger partial charge >= 0.3 is 23.9 Å². The van der Waals surface area contributed by atoms with Crippen molar-refractivity contribution in [1.29, 1.82) is 0 Å². The molecule has 3 unspecified atom stereocenters. The monoisotopic (exact) mass is 397 g/mol. The van der Waals surface area contributed by atoms with E-state index in [1.807, 2.05) is 6.92 Å². The van der Waals surface area contributed by atoms with Gasteiger partial charge in [0.2, 0.25) is 0 Å². The second kappa shape index (κ2) is 21.8. The van der Waals surface area contributed by atoms with Crippen molar-refractivity contribution >= 4 is 23.9 Å². The van der Waals surface area contributed by atoms with Crippen molar-refractivity contribution in [2.75, 3.05) is 0 Å². The molecule has 0 fully saturated rings. The molecular weight excluding hydrogens is 362 g/mol. The van der Waals surface area contributed by atoms with Crippen molar-refractivity contribution in [2.24, 2.45) is 17.2 Å². The summed E-state index contributed by atoms with van der Waals surface area (Å²) in [4.78, 5) is 39.0. The van der Waals surface area contributed by atoms with Crippen LogP contribution in [0.3, 0.4) is 0 Å². The van der Waals surface area contributed by atoms with Gasteiger partial charge in [0, 0.05) is 6.42 Å². The Morgan fingerprint density at radius 3 is 0.852 bits per heavy atom. The zero-order valence-corrected chi connectivity index (χ0v) is 16.4. The van der Waals surface area contributed by atoms with Crippen molar-refractivity contribution in [3.63, 3.8) is 0 Å². The maximum atomic E-state index is 9.81. The molecule has 11 heteroatoms. The van der Waals surface area contributed by atoms with Gasteiger partial charge in [-0.05, 0) is 25.7 Å². The Morgan fingerprint density at radius 2 is 0.852 bits per heavy atom. The first-order valence-corrected chi connectivity index (χ1v) is 8.48. The fourth-order valence-corrected chi connectivity index (χ4v) is 0.738. The summed E-state index contributed by atoms with van der Waals surface area (Å²) >= 11 is 0. The van der Waals surface area contributed by atoms with Crippen LogP contribution in [0, 0.1) is 0 Å². The van der Waals surface area contributed by atoms with E-state index in [2.05, 4.69) is 0 Å². The largest absolute Gasteiger partial charge is 0.481 e. The summed E-state index contributed by atoms with van der Waals surface area (Å²) < 4.78 is 0. The Hall–Kier alpha value is -2.24. The topological polar surface area (TPSA) is 227 Å². The molecule has 0 saturated carbocycles. The first-order valence-electron chi connectivity index (χ1n) is 8.48. The third-order valence-corrected chi connectivity index (χ3v) is 2.73. The molecule has 10 N–H and O–H groups in total. The lowest BCUT2D eigenvalue weighted by atomic mass is 10.2. The Morgan fingerprint density at radius 1 is 0.630 bits per heavy atom. The van der Waals surface area contributed by atoms with Gasteiger partial charge in [0.05, 0.1) is 0 Å². The van der Waals surface area contributed by atoms with Crippen LogP contribution in [0.2, 0.25) is 0 Å². The maximum absolute atomic E-state index is 9.81. The molecule has 0 spiro atoms. The lowest BCUT2D eigenvalue weighted by Gasteiger charge is -1.97. The Labute approximate surface area is 159 Å². The lowest BCUT2D eigenvalue weighted by Crippen LogP contribution is -2.28. The van der Waals surface area contributed by atoms with Crippen LogP contribution in [0.5, 0.6) is 0 Å². The molecule has 0 heterocycles. The number of aliphatic carboxylic acids is 4. The predicted octanol–water partition coefficient (Wildman–Crippen LogP) is 0.296. The smallest absolute Gasteiger partial charge is 0.320 e. The Bertz CT molecular complexity index is 371. The summed E-state index contributed by atoms with van der Waals surface area (Å²) in [5, 5.41) is 32.1. The quantitative estimate of drug-likeness (QED) is 0.294. The van der Waals surface area contributed by atoms with E-state index < -0.39 is 42.0 Å². The maximum Gasteiger partial charge on any atom is 0.320 e. The summed E-state index contributed by atoms with van der Waals surface area (Å²) in [6.07, 6.45) is 2.51. The molecule has 0 amide bonds. The number of carboxylic acid groups (broad SMARTS) is 4. The molecule has 0 aliphatic heterocycles. The molecule has 3 atom stereocenters. The van der Waals surface area contributed by atoms with E-state index in [0.717, 1.165) is 6.42 Å². The minimum atomic E-state index is -0.928. The molecule has 0 aromatic heterocycles. The van der Waals surface area contributed by atoms with Gasteiger partial charge in [0.25, 0.3) is 0 Å². The zero-order valence-electron chi connectivity index (χ0n) is 16.4. The molecule has 11 nitrogen and oxygen atoms in total. The van der Waals surface area contributed by atoms with E-state index in [-0.39, 0.29) is 0 Å². The van der Waals surface area contributed by atoms with Crippen molar-refractivity contribution in [2.45, 2.75) is 77.9 Å². The molecule has 0 aliphatic rings. The highest BCUT2D eigenvalue weighted by Gasteiger charge is 2.06. The molecule has 162 valence electrons. The Kier molecular flexibility index (Phi) is 26.2. The number of nitrogens with two attached hydrogens (primary N) is 3. The third-order valence-electron chi connectivity index (χ3n) is 2.73. The summed E-state index contributed by atoms with van der Waals surface area (Å²) in [7, 11) is 0. The molecule has 0 radical (unpaired) electrons. The van der Waals surface area contributed by atoms with E-state index in [1.54, 1.807) is 20.8 Å².